The average molecular weight is 533 g/mol. The normalized spacial score (nSPS) is 14.9. The standard InChI is InChI=1S/C22H21Cl4N3O4/c23-12-4-5-14(20(32)29-22(11-18(30)31)6-2-1-3-7-22)17(10-12)27-21(33)28-19-15(25)8-13(24)9-16(19)26/h4-5,8-10H,1-3,6-7,11H2,(H,29,32)(H,30,31)(H2,27,28,33). The van der Waals surface area contributed by atoms with Crippen LogP contribution in [0.15, 0.2) is 30.3 Å². The summed E-state index contributed by atoms with van der Waals surface area (Å²) in [5, 5.41) is 18.2. The van der Waals surface area contributed by atoms with Crippen LogP contribution >= 0.6 is 46.4 Å². The number of carbonyl (C=O) groups excluding carboxylic acids is 2. The van der Waals surface area contributed by atoms with E-state index in [-0.39, 0.29) is 33.4 Å². The minimum absolute atomic E-state index is 0.137. The molecule has 0 heterocycles. The second-order valence-corrected chi connectivity index (χ2v) is 9.57. The Kier molecular flexibility index (Phi) is 8.34. The Balaban J connectivity index is 1.82. The van der Waals surface area contributed by atoms with Gasteiger partial charge in [0.25, 0.3) is 5.91 Å². The zero-order valence-corrected chi connectivity index (χ0v) is 20.3. The van der Waals surface area contributed by atoms with E-state index < -0.39 is 23.4 Å². The fourth-order valence-electron chi connectivity index (χ4n) is 3.92. The first-order chi connectivity index (χ1) is 15.6. The number of amides is 3. The molecule has 4 N–H and O–H groups in total. The molecule has 0 aromatic heterocycles. The predicted octanol–water partition coefficient (Wildman–Crippen LogP) is 6.85. The number of halogens is 4. The van der Waals surface area contributed by atoms with Gasteiger partial charge < -0.3 is 21.1 Å². The lowest BCUT2D eigenvalue weighted by Crippen LogP contribution is -2.51. The molecule has 1 fully saturated rings. The Morgan fingerprint density at radius 2 is 1.52 bits per heavy atom. The van der Waals surface area contributed by atoms with Crippen molar-refractivity contribution in [1.82, 2.24) is 5.32 Å². The molecule has 1 aliphatic rings. The molecule has 0 saturated heterocycles. The van der Waals surface area contributed by atoms with Gasteiger partial charge in [0.1, 0.15) is 0 Å². The average Bonchev–Trinajstić information content (AvgIpc) is 2.70. The number of anilines is 2. The van der Waals surface area contributed by atoms with E-state index in [0.29, 0.717) is 22.9 Å². The van der Waals surface area contributed by atoms with Gasteiger partial charge in [-0.15, -0.1) is 0 Å². The van der Waals surface area contributed by atoms with Gasteiger partial charge in [0.15, 0.2) is 0 Å². The van der Waals surface area contributed by atoms with Crippen molar-refractivity contribution in [3.8, 4) is 0 Å². The van der Waals surface area contributed by atoms with Crippen molar-refractivity contribution < 1.29 is 19.5 Å². The van der Waals surface area contributed by atoms with Crippen molar-refractivity contribution >= 4 is 75.7 Å². The molecule has 0 aliphatic heterocycles. The molecule has 33 heavy (non-hydrogen) atoms. The Bertz CT molecular complexity index is 1060. The Hall–Kier alpha value is -2.19. The van der Waals surface area contributed by atoms with E-state index in [1.54, 1.807) is 0 Å². The number of carboxylic acid groups (broad SMARTS) is 1. The minimum atomic E-state index is -0.984. The van der Waals surface area contributed by atoms with Crippen molar-refractivity contribution in [1.29, 1.82) is 0 Å². The van der Waals surface area contributed by atoms with Gasteiger partial charge in [-0.2, -0.15) is 0 Å². The summed E-state index contributed by atoms with van der Waals surface area (Å²) < 4.78 is 0. The highest BCUT2D eigenvalue weighted by Gasteiger charge is 2.36. The van der Waals surface area contributed by atoms with Gasteiger partial charge >= 0.3 is 12.0 Å². The molecule has 1 aliphatic carbocycles. The van der Waals surface area contributed by atoms with Gasteiger partial charge in [-0.25, -0.2) is 4.79 Å². The molecule has 7 nitrogen and oxygen atoms in total. The largest absolute Gasteiger partial charge is 0.481 e. The van der Waals surface area contributed by atoms with Crippen LogP contribution in [0, 0.1) is 0 Å². The third-order valence-corrected chi connectivity index (χ3v) is 6.45. The fraction of sp³-hybridized carbons (Fsp3) is 0.318. The van der Waals surface area contributed by atoms with Crippen LogP contribution in [-0.2, 0) is 4.79 Å². The van der Waals surface area contributed by atoms with Gasteiger partial charge in [0.05, 0.1) is 38.9 Å². The molecule has 3 rings (SSSR count). The molecule has 176 valence electrons. The molecular formula is C22H21Cl4N3O4. The van der Waals surface area contributed by atoms with E-state index in [4.69, 9.17) is 46.4 Å². The first-order valence-electron chi connectivity index (χ1n) is 10.1. The zero-order valence-electron chi connectivity index (χ0n) is 17.3. The monoisotopic (exact) mass is 531 g/mol. The number of nitrogens with one attached hydrogen (secondary N) is 3. The molecule has 0 bridgehead atoms. The third kappa shape index (κ3) is 6.67. The molecule has 11 heteroatoms. The number of rotatable bonds is 6. The molecule has 0 radical (unpaired) electrons. The zero-order chi connectivity index (χ0) is 24.2. The van der Waals surface area contributed by atoms with E-state index in [9.17, 15) is 19.5 Å². The number of carboxylic acids is 1. The molecular weight excluding hydrogens is 512 g/mol. The van der Waals surface area contributed by atoms with Crippen molar-refractivity contribution in [3.63, 3.8) is 0 Å². The maximum Gasteiger partial charge on any atom is 0.323 e. The van der Waals surface area contributed by atoms with Crippen molar-refractivity contribution in [2.45, 2.75) is 44.1 Å². The van der Waals surface area contributed by atoms with Gasteiger partial charge in [-0.05, 0) is 43.2 Å². The van der Waals surface area contributed by atoms with Crippen LogP contribution in [0.5, 0.6) is 0 Å². The van der Waals surface area contributed by atoms with E-state index in [2.05, 4.69) is 16.0 Å². The first kappa shape index (κ1) is 25.4. The van der Waals surface area contributed by atoms with Crippen LogP contribution in [0.2, 0.25) is 20.1 Å². The number of aliphatic carboxylic acids is 1. The van der Waals surface area contributed by atoms with Crippen LogP contribution in [0.3, 0.4) is 0 Å². The maximum atomic E-state index is 13.1. The van der Waals surface area contributed by atoms with E-state index in [1.165, 1.54) is 30.3 Å². The second kappa shape index (κ2) is 10.8. The summed E-state index contributed by atoms with van der Waals surface area (Å²) in [5.41, 5.74) is -0.418. The first-order valence-corrected chi connectivity index (χ1v) is 11.7. The number of carbonyl (C=O) groups is 3. The molecule has 0 unspecified atom stereocenters. The van der Waals surface area contributed by atoms with Crippen LogP contribution in [0.1, 0.15) is 48.9 Å². The highest BCUT2D eigenvalue weighted by atomic mass is 35.5. The van der Waals surface area contributed by atoms with Gasteiger partial charge in [-0.3, -0.25) is 9.59 Å². The Morgan fingerprint density at radius 1 is 0.879 bits per heavy atom. The summed E-state index contributed by atoms with van der Waals surface area (Å²) in [6.07, 6.45) is 3.59. The second-order valence-electron chi connectivity index (χ2n) is 7.88. The quantitative estimate of drug-likeness (QED) is 0.326. The van der Waals surface area contributed by atoms with E-state index in [0.717, 1.165) is 19.3 Å². The van der Waals surface area contributed by atoms with Gasteiger partial charge in [-0.1, -0.05) is 65.7 Å². The summed E-state index contributed by atoms with van der Waals surface area (Å²) in [5.74, 6) is -1.49. The van der Waals surface area contributed by atoms with Crippen LogP contribution in [0.25, 0.3) is 0 Å². The molecule has 2 aromatic rings. The van der Waals surface area contributed by atoms with E-state index >= 15 is 0 Å². The smallest absolute Gasteiger partial charge is 0.323 e. The lowest BCUT2D eigenvalue weighted by Gasteiger charge is -2.37. The lowest BCUT2D eigenvalue weighted by atomic mass is 9.79. The van der Waals surface area contributed by atoms with Crippen LogP contribution < -0.4 is 16.0 Å². The SMILES string of the molecule is O=C(O)CC1(NC(=O)c2ccc(Cl)cc2NC(=O)Nc2c(Cl)cc(Cl)cc2Cl)CCCCC1. The number of hydrogen-bond donors (Lipinski definition) is 4. The highest BCUT2D eigenvalue weighted by Crippen LogP contribution is 2.34. The van der Waals surface area contributed by atoms with E-state index in [1.807, 2.05) is 0 Å². The summed E-state index contributed by atoms with van der Waals surface area (Å²) in [6, 6.07) is 6.54. The number of urea groups is 1. The van der Waals surface area contributed by atoms with Gasteiger partial charge in [0, 0.05) is 10.0 Å². The Labute approximate surface area is 210 Å². The summed E-state index contributed by atoms with van der Waals surface area (Å²) in [4.78, 5) is 37.2. The van der Waals surface area contributed by atoms with Gasteiger partial charge in [0.2, 0.25) is 0 Å². The van der Waals surface area contributed by atoms with Crippen molar-refractivity contribution in [3.05, 3.63) is 56.0 Å². The lowest BCUT2D eigenvalue weighted by molar-refractivity contribution is -0.139. The van der Waals surface area contributed by atoms with Crippen LogP contribution in [-0.4, -0.2) is 28.6 Å². The highest BCUT2D eigenvalue weighted by molar-refractivity contribution is 6.42. The third-order valence-electron chi connectivity index (χ3n) is 5.40. The van der Waals surface area contributed by atoms with Crippen LogP contribution in [0.4, 0.5) is 16.2 Å². The fourth-order valence-corrected chi connectivity index (χ4v) is 5.00. The summed E-state index contributed by atoms with van der Waals surface area (Å²) in [6.45, 7) is 0. The molecule has 1 saturated carbocycles. The molecule has 2 aromatic carbocycles. The number of hydrogen-bond acceptors (Lipinski definition) is 3. The molecule has 3 amide bonds. The Morgan fingerprint density at radius 3 is 2.12 bits per heavy atom. The minimum Gasteiger partial charge on any atom is -0.481 e. The predicted molar refractivity (Wildman–Crippen MR) is 131 cm³/mol. The maximum absolute atomic E-state index is 13.1. The number of benzene rings is 2. The molecule has 0 atom stereocenters. The van der Waals surface area contributed by atoms with Crippen molar-refractivity contribution in [2.24, 2.45) is 0 Å². The summed E-state index contributed by atoms with van der Waals surface area (Å²) >= 11 is 24.2. The van der Waals surface area contributed by atoms with Crippen molar-refractivity contribution in [2.75, 3.05) is 10.6 Å². The summed E-state index contributed by atoms with van der Waals surface area (Å²) in [7, 11) is 0. The topological polar surface area (TPSA) is 108 Å². The molecule has 0 spiro atoms.